The predicted molar refractivity (Wildman–Crippen MR) is 294 cm³/mol. The van der Waals surface area contributed by atoms with Crippen LogP contribution < -0.4 is 10.6 Å². The molecule has 8 rings (SSSR count). The summed E-state index contributed by atoms with van der Waals surface area (Å²) in [5.74, 6) is -0.340. The molecule has 4 amide bonds. The fourth-order valence-corrected chi connectivity index (χ4v) is 9.98. The van der Waals surface area contributed by atoms with E-state index >= 15 is 0 Å². The number of rotatable bonds is 14. The van der Waals surface area contributed by atoms with Crippen molar-refractivity contribution in [2.75, 3.05) is 23.8 Å². The maximum Gasteiger partial charge on any atom is 0.256 e. The number of benzene rings is 4. The van der Waals surface area contributed by atoms with Crippen LogP contribution in [0.5, 0.6) is 0 Å². The third-order valence-corrected chi connectivity index (χ3v) is 18.9. The van der Waals surface area contributed by atoms with E-state index in [9.17, 15) is 33.9 Å². The number of carbonyl (C=O) groups is 6. The first-order valence-electron chi connectivity index (χ1n) is 24.8. The Kier molecular flexibility index (Phi) is 18.0. The van der Waals surface area contributed by atoms with Gasteiger partial charge >= 0.3 is 0 Å². The van der Waals surface area contributed by atoms with E-state index in [2.05, 4.69) is 54.5 Å². The molecule has 0 saturated heterocycles. The standard InChI is InChI=1S/C32H38ClN3O4Si.C26H24ClN3O4/c1-21-7-14-29(34-19-21)35-30(38)23-10-8-22(9-11-23)20-36-27(15-16-40-41(5,6)32(2,3)4)28(37)18-24-17-25(33)12-13-26(24)31(36)39;1-16-2-9-24(28-14-16)29-25(33)18-5-3-17(4-6-18)15-30-22(10-11-31)23(32)13-19-12-20(27)7-8-21(19)26(30)34/h7-14,17,19,27H,15-16,18,20H2,1-6H3,(H,34,35,38);2-9,12,14,22,31H,10-11,13,15H2,1H3,(H,28,29,33)/t27-;22-/m11/s1. The third kappa shape index (κ3) is 14.1. The minimum absolute atomic E-state index is 0.0342. The van der Waals surface area contributed by atoms with E-state index in [0.29, 0.717) is 68.1 Å². The summed E-state index contributed by atoms with van der Waals surface area (Å²) in [7, 11) is -2.03. The monoisotopic (exact) mass is 1070 g/mol. The number of aliphatic hydroxyl groups excluding tert-OH is 1. The van der Waals surface area contributed by atoms with Crippen LogP contribution >= 0.6 is 23.2 Å². The highest BCUT2D eigenvalue weighted by Gasteiger charge is 2.40. The molecule has 6 aromatic rings. The van der Waals surface area contributed by atoms with Crippen LogP contribution in [0.15, 0.2) is 122 Å². The number of aromatic nitrogens is 2. The van der Waals surface area contributed by atoms with Crippen molar-refractivity contribution in [3.63, 3.8) is 0 Å². The summed E-state index contributed by atoms with van der Waals surface area (Å²) < 4.78 is 6.39. The number of anilines is 2. The van der Waals surface area contributed by atoms with E-state index in [4.69, 9.17) is 27.6 Å². The summed E-state index contributed by atoms with van der Waals surface area (Å²) in [6.45, 7) is 15.3. The zero-order valence-corrected chi connectivity index (χ0v) is 45.7. The molecule has 3 N–H and O–H groups in total. The second-order valence-electron chi connectivity index (χ2n) is 20.4. The van der Waals surface area contributed by atoms with Gasteiger partial charge < -0.3 is 30.0 Å². The molecule has 0 unspecified atom stereocenters. The van der Waals surface area contributed by atoms with Crippen molar-refractivity contribution in [1.29, 1.82) is 0 Å². The smallest absolute Gasteiger partial charge is 0.256 e. The van der Waals surface area contributed by atoms with E-state index in [1.807, 2.05) is 38.1 Å². The predicted octanol–water partition coefficient (Wildman–Crippen LogP) is 10.7. The molecule has 0 saturated carbocycles. The lowest BCUT2D eigenvalue weighted by Crippen LogP contribution is -2.46. The number of fused-ring (bicyclic) bond motifs is 2. The number of amides is 4. The molecule has 14 nitrogen and oxygen atoms in total. The molecule has 390 valence electrons. The first-order valence-corrected chi connectivity index (χ1v) is 28.4. The zero-order valence-electron chi connectivity index (χ0n) is 43.2. The van der Waals surface area contributed by atoms with E-state index in [-0.39, 0.29) is 79.2 Å². The van der Waals surface area contributed by atoms with Crippen LogP contribution in [-0.2, 0) is 39.9 Å². The van der Waals surface area contributed by atoms with Crippen molar-refractivity contribution in [2.24, 2.45) is 0 Å². The Morgan fingerprint density at radius 2 is 1.05 bits per heavy atom. The van der Waals surface area contributed by atoms with E-state index in [1.54, 1.807) is 102 Å². The lowest BCUT2D eigenvalue weighted by molar-refractivity contribution is -0.124. The number of ketones is 2. The van der Waals surface area contributed by atoms with Crippen LogP contribution in [0.2, 0.25) is 28.2 Å². The van der Waals surface area contributed by atoms with Crippen molar-refractivity contribution >= 4 is 78.4 Å². The summed E-state index contributed by atoms with van der Waals surface area (Å²) in [6, 6.07) is 29.7. The zero-order chi connectivity index (χ0) is 54.2. The van der Waals surface area contributed by atoms with Crippen LogP contribution in [0.4, 0.5) is 11.6 Å². The third-order valence-electron chi connectivity index (χ3n) is 13.8. The molecule has 4 aromatic carbocycles. The number of hydrogen-bond donors (Lipinski definition) is 3. The number of halogens is 2. The number of aryl methyl sites for hydroxylation is 2. The SMILES string of the molecule is Cc1ccc(NC(=O)c2ccc(CN3C(=O)c4ccc(Cl)cc4CC(=O)[C@H]3CCO)cc2)nc1.Cc1ccc(NC(=O)c2ccc(CN3C(=O)c4ccc(Cl)cc4CC(=O)[C@H]3CCO[Si](C)(C)C(C)(C)C)cc2)nc1. The second kappa shape index (κ2) is 24.2. The first kappa shape index (κ1) is 55.9. The van der Waals surface area contributed by atoms with Gasteiger partial charge in [-0.25, -0.2) is 9.97 Å². The van der Waals surface area contributed by atoms with Crippen LogP contribution in [0.25, 0.3) is 0 Å². The van der Waals surface area contributed by atoms with Gasteiger partial charge in [-0.05, 0) is 151 Å². The Labute approximate surface area is 449 Å². The Balaban J connectivity index is 0.000000222. The quantitative estimate of drug-likeness (QED) is 0.0886. The molecule has 0 spiro atoms. The average molecular weight is 1070 g/mol. The summed E-state index contributed by atoms with van der Waals surface area (Å²) in [5, 5.41) is 16.1. The molecule has 75 heavy (non-hydrogen) atoms. The average Bonchev–Trinajstić information content (AvgIpc) is 3.52. The minimum atomic E-state index is -2.03. The molecule has 2 aliphatic rings. The van der Waals surface area contributed by atoms with E-state index in [1.165, 1.54) is 4.90 Å². The molecular weight excluding hydrogens is 1010 g/mol. The van der Waals surface area contributed by atoms with Gasteiger partial charge in [0.2, 0.25) is 0 Å². The maximum atomic E-state index is 13.9. The Morgan fingerprint density at radius 3 is 1.43 bits per heavy atom. The van der Waals surface area contributed by atoms with Gasteiger partial charge in [-0.15, -0.1) is 0 Å². The lowest BCUT2D eigenvalue weighted by atomic mass is 10.0. The maximum absolute atomic E-state index is 13.9. The molecule has 0 aliphatic carbocycles. The Morgan fingerprint density at radius 1 is 0.640 bits per heavy atom. The molecule has 4 heterocycles. The number of nitrogens with one attached hydrogen (secondary N) is 2. The van der Waals surface area contributed by atoms with Crippen molar-refractivity contribution in [3.8, 4) is 0 Å². The van der Waals surface area contributed by atoms with Crippen LogP contribution in [0.1, 0.15) is 108 Å². The molecular formula is C58H62Cl2N6O8Si. The van der Waals surface area contributed by atoms with Gasteiger partial charge in [-0.2, -0.15) is 0 Å². The normalized spacial score (nSPS) is 15.8. The molecule has 0 radical (unpaired) electrons. The topological polar surface area (TPSA) is 188 Å². The van der Waals surface area contributed by atoms with Gasteiger partial charge in [0.25, 0.3) is 23.6 Å². The molecule has 0 bridgehead atoms. The highest BCUT2D eigenvalue weighted by atomic mass is 35.5. The van der Waals surface area contributed by atoms with Gasteiger partial charge in [-0.1, -0.05) is 80.4 Å². The molecule has 0 fully saturated rings. The number of hydrogen-bond acceptors (Lipinski definition) is 10. The highest BCUT2D eigenvalue weighted by molar-refractivity contribution is 6.74. The summed E-state index contributed by atoms with van der Waals surface area (Å²) in [6.07, 6.45) is 4.13. The molecule has 2 aromatic heterocycles. The fourth-order valence-electron chi connectivity index (χ4n) is 8.52. The van der Waals surface area contributed by atoms with Gasteiger partial charge in [-0.3, -0.25) is 28.8 Å². The fraction of sp³-hybridized carbons (Fsp3) is 0.310. The Bertz CT molecular complexity index is 3070. The molecule has 2 atom stereocenters. The summed E-state index contributed by atoms with van der Waals surface area (Å²) in [4.78, 5) is 90.6. The number of carbonyl (C=O) groups excluding carboxylic acids is 6. The lowest BCUT2D eigenvalue weighted by Gasteiger charge is -2.37. The minimum Gasteiger partial charge on any atom is -0.417 e. The van der Waals surface area contributed by atoms with Gasteiger partial charge in [0.05, 0.1) is 12.1 Å². The van der Waals surface area contributed by atoms with Gasteiger partial charge in [0.15, 0.2) is 19.9 Å². The van der Waals surface area contributed by atoms with E-state index in [0.717, 1.165) is 22.3 Å². The van der Waals surface area contributed by atoms with Crippen molar-refractivity contribution in [1.82, 2.24) is 19.8 Å². The summed E-state index contributed by atoms with van der Waals surface area (Å²) in [5.41, 5.74) is 6.61. The highest BCUT2D eigenvalue weighted by Crippen LogP contribution is 2.37. The van der Waals surface area contributed by atoms with Gasteiger partial charge in [0, 0.05) is 83.8 Å². The van der Waals surface area contributed by atoms with Crippen molar-refractivity contribution in [2.45, 2.75) is 104 Å². The summed E-state index contributed by atoms with van der Waals surface area (Å²) >= 11 is 12.3. The number of aliphatic hydroxyl groups is 1. The second-order valence-corrected chi connectivity index (χ2v) is 26.1. The largest absolute Gasteiger partial charge is 0.417 e. The van der Waals surface area contributed by atoms with Crippen molar-refractivity contribution < 1.29 is 38.3 Å². The van der Waals surface area contributed by atoms with Crippen LogP contribution in [0.3, 0.4) is 0 Å². The first-order chi connectivity index (χ1) is 35.6. The van der Waals surface area contributed by atoms with Crippen LogP contribution in [0, 0.1) is 13.8 Å². The molecule has 2 aliphatic heterocycles. The number of pyridine rings is 2. The Hall–Kier alpha value is -6.88. The molecule has 17 heteroatoms. The number of nitrogens with zero attached hydrogens (tertiary/aromatic N) is 4. The van der Waals surface area contributed by atoms with Crippen molar-refractivity contribution in [3.05, 3.63) is 187 Å². The van der Waals surface area contributed by atoms with E-state index < -0.39 is 20.4 Å². The van der Waals surface area contributed by atoms with Gasteiger partial charge in [0.1, 0.15) is 11.6 Å². The van der Waals surface area contributed by atoms with Crippen LogP contribution in [-0.4, -0.2) is 93.7 Å². The number of Topliss-reactive ketones (excluding diaryl/α,β-unsaturated/α-hetero) is 2.